The highest BCUT2D eigenvalue weighted by molar-refractivity contribution is 7.96. The smallest absolute Gasteiger partial charge is 0.254 e. The number of pyridine rings is 1. The summed E-state index contributed by atoms with van der Waals surface area (Å²) < 4.78 is 11.8. The molecule has 2 aliphatic rings. The number of aromatic nitrogens is 1. The molecule has 26 heavy (non-hydrogen) atoms. The number of aryl methyl sites for hydroxylation is 2. The topological polar surface area (TPSA) is 43.3 Å². The number of fused-ring (bicyclic) bond motifs is 1. The van der Waals surface area contributed by atoms with Crippen LogP contribution in [0.15, 0.2) is 16.9 Å². The Labute approximate surface area is 161 Å². The van der Waals surface area contributed by atoms with Crippen LogP contribution in [0.5, 0.6) is 0 Å². The van der Waals surface area contributed by atoms with Crippen LogP contribution in [0.3, 0.4) is 0 Å². The van der Waals surface area contributed by atoms with E-state index in [9.17, 15) is 4.79 Å². The minimum Gasteiger partial charge on any atom is -0.376 e. The lowest BCUT2D eigenvalue weighted by Gasteiger charge is -2.36. The zero-order chi connectivity index (χ0) is 18.5. The number of rotatable bonds is 5. The Morgan fingerprint density at radius 1 is 1.27 bits per heavy atom. The number of ether oxygens (including phenoxy) is 1. The molecule has 1 fully saturated rings. The molecule has 1 aromatic rings. The lowest BCUT2D eigenvalue weighted by molar-refractivity contribution is -0.00282. The lowest BCUT2D eigenvalue weighted by atomic mass is 9.88. The van der Waals surface area contributed by atoms with Crippen molar-refractivity contribution in [2.45, 2.75) is 70.6 Å². The van der Waals surface area contributed by atoms with E-state index in [2.05, 4.69) is 22.6 Å². The van der Waals surface area contributed by atoms with Gasteiger partial charge in [0.15, 0.2) is 0 Å². The van der Waals surface area contributed by atoms with E-state index in [0.717, 1.165) is 49.8 Å². The van der Waals surface area contributed by atoms with Gasteiger partial charge in [-0.2, -0.15) is 0 Å². The summed E-state index contributed by atoms with van der Waals surface area (Å²) in [5, 5.41) is 0. The van der Waals surface area contributed by atoms with Gasteiger partial charge in [-0.25, -0.2) is 0 Å². The fourth-order valence-electron chi connectivity index (χ4n) is 4.23. The minimum absolute atomic E-state index is 0.0618. The molecule has 1 aromatic heterocycles. The summed E-state index contributed by atoms with van der Waals surface area (Å²) >= 11 is 1.63. The fourth-order valence-corrected chi connectivity index (χ4v) is 4.81. The highest BCUT2D eigenvalue weighted by atomic mass is 32.2. The zero-order valence-corrected chi connectivity index (χ0v) is 16.9. The maximum absolute atomic E-state index is 12.8. The van der Waals surface area contributed by atoms with Crippen LogP contribution in [0.25, 0.3) is 0 Å². The summed E-state index contributed by atoms with van der Waals surface area (Å²) in [5.41, 5.74) is 2.07. The Morgan fingerprint density at radius 3 is 2.73 bits per heavy atom. The van der Waals surface area contributed by atoms with Crippen molar-refractivity contribution in [1.29, 1.82) is 0 Å². The van der Waals surface area contributed by atoms with E-state index < -0.39 is 0 Å². The minimum atomic E-state index is 0.0618. The standard InChI is InChI=1S/C21H30N2O2S/c1-4-5-16-7-11-18(12-8-16)25-14-20-19(22-26-3)13-10-17-9-6-15(2)21(24)23(17)20/h6,9,16,18-20,22H,7-8,10-14H2,1-3H3. The van der Waals surface area contributed by atoms with Gasteiger partial charge in [-0.3, -0.25) is 9.52 Å². The van der Waals surface area contributed by atoms with Crippen molar-refractivity contribution in [1.82, 2.24) is 9.29 Å². The molecule has 0 saturated heterocycles. The first-order valence-corrected chi connectivity index (χ1v) is 10.9. The molecule has 2 atom stereocenters. The van der Waals surface area contributed by atoms with Crippen molar-refractivity contribution in [2.75, 3.05) is 12.9 Å². The van der Waals surface area contributed by atoms with Gasteiger partial charge < -0.3 is 9.30 Å². The van der Waals surface area contributed by atoms with E-state index in [4.69, 9.17) is 4.74 Å². The van der Waals surface area contributed by atoms with Crippen molar-refractivity contribution in [3.63, 3.8) is 0 Å². The molecule has 5 heteroatoms. The maximum atomic E-state index is 12.8. The van der Waals surface area contributed by atoms with Gasteiger partial charge in [0.2, 0.25) is 0 Å². The Kier molecular flexibility index (Phi) is 6.86. The molecule has 0 radical (unpaired) electrons. The Balaban J connectivity index is 1.71. The molecule has 0 bridgehead atoms. The molecule has 1 N–H and O–H groups in total. The summed E-state index contributed by atoms with van der Waals surface area (Å²) in [6.07, 6.45) is 8.70. The Morgan fingerprint density at radius 2 is 2.04 bits per heavy atom. The van der Waals surface area contributed by atoms with Crippen molar-refractivity contribution in [3.8, 4) is 11.8 Å². The van der Waals surface area contributed by atoms with Crippen molar-refractivity contribution in [2.24, 2.45) is 5.92 Å². The van der Waals surface area contributed by atoms with Crippen LogP contribution in [-0.2, 0) is 11.2 Å². The molecule has 142 valence electrons. The van der Waals surface area contributed by atoms with Crippen LogP contribution < -0.4 is 10.3 Å². The van der Waals surface area contributed by atoms with E-state index in [-0.39, 0.29) is 17.6 Å². The van der Waals surface area contributed by atoms with Crippen molar-refractivity contribution < 1.29 is 4.74 Å². The van der Waals surface area contributed by atoms with Gasteiger partial charge in [0.25, 0.3) is 5.56 Å². The van der Waals surface area contributed by atoms with Crippen LogP contribution >= 0.6 is 11.9 Å². The average molecular weight is 375 g/mol. The summed E-state index contributed by atoms with van der Waals surface area (Å²) in [7, 11) is 0. The third-order valence-corrected chi connectivity index (χ3v) is 6.23. The third-order valence-electron chi connectivity index (χ3n) is 5.69. The van der Waals surface area contributed by atoms with Crippen molar-refractivity contribution in [3.05, 3.63) is 33.7 Å². The van der Waals surface area contributed by atoms with E-state index >= 15 is 0 Å². The second-order valence-corrected chi connectivity index (χ2v) is 8.06. The molecule has 0 spiro atoms. The molecule has 1 aliphatic heterocycles. The van der Waals surface area contributed by atoms with Gasteiger partial charge >= 0.3 is 0 Å². The fraction of sp³-hybridized carbons (Fsp3) is 0.667. The third kappa shape index (κ3) is 4.36. The van der Waals surface area contributed by atoms with Gasteiger partial charge in [0.05, 0.1) is 18.8 Å². The molecule has 2 unspecified atom stereocenters. The highest BCUT2D eigenvalue weighted by Crippen LogP contribution is 2.29. The van der Waals surface area contributed by atoms with Crippen LogP contribution in [0.1, 0.15) is 56.3 Å². The lowest BCUT2D eigenvalue weighted by Crippen LogP contribution is -2.46. The first-order valence-electron chi connectivity index (χ1n) is 9.67. The van der Waals surface area contributed by atoms with Gasteiger partial charge in [0.1, 0.15) is 0 Å². The number of nitrogens with one attached hydrogen (secondary N) is 1. The normalized spacial score (nSPS) is 28.1. The van der Waals surface area contributed by atoms with Crippen molar-refractivity contribution >= 4 is 11.9 Å². The Bertz CT molecular complexity index is 726. The summed E-state index contributed by atoms with van der Waals surface area (Å²) in [4.78, 5) is 12.8. The molecule has 0 aromatic carbocycles. The second-order valence-electron chi connectivity index (χ2n) is 7.42. The summed E-state index contributed by atoms with van der Waals surface area (Å²) in [5.74, 6) is 6.87. The number of hydrogen-bond donors (Lipinski definition) is 1. The van der Waals surface area contributed by atoms with Gasteiger partial charge in [-0.15, -0.1) is 11.8 Å². The van der Waals surface area contributed by atoms with Crippen LogP contribution in [0.4, 0.5) is 0 Å². The zero-order valence-electron chi connectivity index (χ0n) is 16.1. The van der Waals surface area contributed by atoms with Crippen LogP contribution in [0.2, 0.25) is 0 Å². The van der Waals surface area contributed by atoms with Crippen LogP contribution in [-0.4, -0.2) is 29.6 Å². The van der Waals surface area contributed by atoms with Crippen LogP contribution in [0, 0.1) is 24.7 Å². The molecular formula is C21H30N2O2S. The predicted molar refractivity (Wildman–Crippen MR) is 108 cm³/mol. The predicted octanol–water partition coefficient (Wildman–Crippen LogP) is 3.48. The molecule has 1 saturated carbocycles. The SMILES string of the molecule is CC#CC1CCC(OCC2C(NSC)CCc3ccc(C)c(=O)n32)CC1. The van der Waals surface area contributed by atoms with Gasteiger partial charge in [0, 0.05) is 23.2 Å². The first-order chi connectivity index (χ1) is 12.6. The average Bonchev–Trinajstić information content (AvgIpc) is 2.65. The molecule has 0 amide bonds. The van der Waals surface area contributed by atoms with E-state index in [1.54, 1.807) is 11.9 Å². The molecular weight excluding hydrogens is 344 g/mol. The largest absolute Gasteiger partial charge is 0.376 e. The Hall–Kier alpha value is -1.22. The first kappa shape index (κ1) is 19.5. The quantitative estimate of drug-likeness (QED) is 0.633. The molecule has 3 rings (SSSR count). The molecule has 4 nitrogen and oxygen atoms in total. The molecule has 2 heterocycles. The summed E-state index contributed by atoms with van der Waals surface area (Å²) in [6.45, 7) is 4.42. The highest BCUT2D eigenvalue weighted by Gasteiger charge is 2.31. The summed E-state index contributed by atoms with van der Waals surface area (Å²) in [6, 6.07) is 4.38. The number of hydrogen-bond acceptors (Lipinski definition) is 4. The van der Waals surface area contributed by atoms with E-state index in [1.807, 2.05) is 30.7 Å². The monoisotopic (exact) mass is 374 g/mol. The van der Waals surface area contributed by atoms with E-state index in [0.29, 0.717) is 18.6 Å². The van der Waals surface area contributed by atoms with Gasteiger partial charge in [-0.05, 0) is 64.7 Å². The number of nitrogens with zero attached hydrogens (tertiary/aromatic N) is 1. The van der Waals surface area contributed by atoms with E-state index in [1.165, 1.54) is 0 Å². The van der Waals surface area contributed by atoms with Gasteiger partial charge in [-0.1, -0.05) is 18.0 Å². The second kappa shape index (κ2) is 9.12. The molecule has 1 aliphatic carbocycles. The maximum Gasteiger partial charge on any atom is 0.254 e.